The average Bonchev–Trinajstić information content (AvgIpc) is 2.85. The van der Waals surface area contributed by atoms with Crippen LogP contribution in [0.3, 0.4) is 0 Å². The number of hydrogen-bond donors (Lipinski definition) is 2. The molecule has 0 atom stereocenters. The maximum Gasteiger partial charge on any atom is 0.254 e. The highest BCUT2D eigenvalue weighted by Gasteiger charge is 2.51. The second-order valence-corrected chi connectivity index (χ2v) is 11.7. The van der Waals surface area contributed by atoms with Gasteiger partial charge in [-0.15, -0.1) is 0 Å². The van der Waals surface area contributed by atoms with Crippen LogP contribution in [0.2, 0.25) is 0 Å². The summed E-state index contributed by atoms with van der Waals surface area (Å²) in [4.78, 5) is 40.5. The van der Waals surface area contributed by atoms with Crippen LogP contribution in [-0.2, 0) is 9.59 Å². The Kier molecular flexibility index (Phi) is 5.78. The Balaban J connectivity index is 0.994. The van der Waals surface area contributed by atoms with E-state index in [1.54, 1.807) is 0 Å². The molecular weight excluding hydrogens is 438 g/mol. The zero-order chi connectivity index (χ0) is 24.0. The van der Waals surface area contributed by atoms with Crippen LogP contribution < -0.4 is 10.9 Å². The van der Waals surface area contributed by atoms with Crippen molar-refractivity contribution in [3.05, 3.63) is 48.0 Å². The maximum absolute atomic E-state index is 13.2. The number of nitrogens with one attached hydrogen (secondary N) is 2. The van der Waals surface area contributed by atoms with Gasteiger partial charge in [0.05, 0.1) is 0 Å². The van der Waals surface area contributed by atoms with E-state index in [0.29, 0.717) is 37.9 Å². The fourth-order valence-corrected chi connectivity index (χ4v) is 8.05. The van der Waals surface area contributed by atoms with Crippen LogP contribution in [0.1, 0.15) is 68.1 Å². The Hall–Kier alpha value is -2.89. The van der Waals surface area contributed by atoms with E-state index >= 15 is 0 Å². The molecule has 1 heterocycles. The van der Waals surface area contributed by atoms with Crippen molar-refractivity contribution in [3.8, 4) is 0 Å². The molecule has 4 saturated carbocycles. The summed E-state index contributed by atoms with van der Waals surface area (Å²) in [5.41, 5.74) is 6.28. The highest BCUT2D eigenvalue weighted by Crippen LogP contribution is 2.61. The summed E-state index contributed by atoms with van der Waals surface area (Å²) >= 11 is 0. The molecule has 2 aromatic carbocycles. The zero-order valence-electron chi connectivity index (χ0n) is 20.3. The quantitative estimate of drug-likeness (QED) is 0.644. The average molecular weight is 474 g/mol. The number of nitrogens with zero attached hydrogens (tertiary/aromatic N) is 1. The fraction of sp³-hybridized carbons (Fsp3) is 0.552. The molecule has 3 amide bonds. The van der Waals surface area contributed by atoms with Gasteiger partial charge in [0.25, 0.3) is 5.91 Å². The Morgan fingerprint density at radius 2 is 1.46 bits per heavy atom. The van der Waals surface area contributed by atoms with E-state index in [2.05, 4.69) is 10.9 Å². The molecule has 0 unspecified atom stereocenters. The van der Waals surface area contributed by atoms with Crippen LogP contribution in [0.4, 0.5) is 0 Å². The van der Waals surface area contributed by atoms with Crippen LogP contribution in [0, 0.1) is 29.1 Å². The Morgan fingerprint density at radius 1 is 0.829 bits per heavy atom. The summed E-state index contributed by atoms with van der Waals surface area (Å²) in [7, 11) is 0. The molecule has 4 bridgehead atoms. The molecule has 2 N–H and O–H groups in total. The van der Waals surface area contributed by atoms with Gasteiger partial charge in [0, 0.05) is 31.0 Å². The fourth-order valence-electron chi connectivity index (χ4n) is 8.05. The predicted octanol–water partition coefficient (Wildman–Crippen LogP) is 4.45. The van der Waals surface area contributed by atoms with E-state index in [9.17, 15) is 14.4 Å². The topological polar surface area (TPSA) is 78.5 Å². The van der Waals surface area contributed by atoms with Crippen molar-refractivity contribution in [3.63, 3.8) is 0 Å². The lowest BCUT2D eigenvalue weighted by molar-refractivity contribution is -0.136. The number of likely N-dealkylation sites (tertiary alicyclic amines) is 1. The van der Waals surface area contributed by atoms with Gasteiger partial charge in [0.15, 0.2) is 0 Å². The number of hydrazine groups is 1. The molecule has 0 radical (unpaired) electrons. The smallest absolute Gasteiger partial charge is 0.254 e. The van der Waals surface area contributed by atoms with Gasteiger partial charge in [-0.3, -0.25) is 25.2 Å². The van der Waals surface area contributed by atoms with Gasteiger partial charge < -0.3 is 4.90 Å². The third kappa shape index (κ3) is 4.43. The second kappa shape index (κ2) is 8.96. The van der Waals surface area contributed by atoms with E-state index in [4.69, 9.17) is 0 Å². The lowest BCUT2D eigenvalue weighted by Crippen LogP contribution is -2.51. The zero-order valence-corrected chi connectivity index (χ0v) is 20.3. The third-order valence-electron chi connectivity index (χ3n) is 9.20. The minimum Gasteiger partial charge on any atom is -0.339 e. The standard InChI is InChI=1S/C29H35N3O3/c33-26(18-29-15-19-12-20(16-29)14-21(13-19)17-29)30-31-27(34)23-8-10-32(11-9-23)28(35)25-7-3-5-22-4-1-2-6-24(22)25/h1-7,19-21,23H,8-18H2,(H,30,33)(H,31,34). The number of amides is 3. The molecule has 6 nitrogen and oxygen atoms in total. The largest absolute Gasteiger partial charge is 0.339 e. The van der Waals surface area contributed by atoms with Crippen molar-refractivity contribution in [1.29, 1.82) is 0 Å². The summed E-state index contributed by atoms with van der Waals surface area (Å²) in [6.07, 6.45) is 9.38. The molecule has 2 aromatic rings. The van der Waals surface area contributed by atoms with Gasteiger partial charge >= 0.3 is 0 Å². The second-order valence-electron chi connectivity index (χ2n) is 11.7. The van der Waals surface area contributed by atoms with Gasteiger partial charge in [-0.2, -0.15) is 0 Å². The molecule has 0 aromatic heterocycles. The van der Waals surface area contributed by atoms with Crippen molar-refractivity contribution in [2.24, 2.45) is 29.1 Å². The normalized spacial score (nSPS) is 29.8. The molecule has 35 heavy (non-hydrogen) atoms. The number of carbonyl (C=O) groups is 3. The minimum absolute atomic E-state index is 0.0181. The predicted molar refractivity (Wildman–Crippen MR) is 134 cm³/mol. The summed E-state index contributed by atoms with van der Waals surface area (Å²) in [5, 5.41) is 2.01. The molecule has 6 heteroatoms. The number of carbonyl (C=O) groups excluding carboxylic acids is 3. The molecule has 4 aliphatic carbocycles. The summed E-state index contributed by atoms with van der Waals surface area (Å²) in [6, 6.07) is 13.7. The lowest BCUT2D eigenvalue weighted by atomic mass is 9.49. The molecule has 1 saturated heterocycles. The molecular formula is C29H35N3O3. The van der Waals surface area contributed by atoms with Crippen molar-refractivity contribution in [1.82, 2.24) is 15.8 Å². The highest BCUT2D eigenvalue weighted by atomic mass is 16.2. The van der Waals surface area contributed by atoms with E-state index in [0.717, 1.165) is 28.5 Å². The number of piperidine rings is 1. The molecule has 5 fully saturated rings. The molecule has 184 valence electrons. The van der Waals surface area contributed by atoms with Crippen molar-refractivity contribution >= 4 is 28.5 Å². The highest BCUT2D eigenvalue weighted by molar-refractivity contribution is 6.07. The van der Waals surface area contributed by atoms with E-state index < -0.39 is 0 Å². The Morgan fingerprint density at radius 3 is 2.14 bits per heavy atom. The number of hydrogen-bond acceptors (Lipinski definition) is 3. The molecule has 0 spiro atoms. The monoisotopic (exact) mass is 473 g/mol. The van der Waals surface area contributed by atoms with Crippen LogP contribution in [0.25, 0.3) is 10.8 Å². The van der Waals surface area contributed by atoms with Crippen LogP contribution >= 0.6 is 0 Å². The van der Waals surface area contributed by atoms with E-state index in [-0.39, 0.29) is 29.1 Å². The van der Waals surface area contributed by atoms with Crippen LogP contribution in [0.15, 0.2) is 42.5 Å². The molecule has 5 aliphatic rings. The molecule has 7 rings (SSSR count). The summed E-state index contributed by atoms with van der Waals surface area (Å²) < 4.78 is 0. The Bertz CT molecular complexity index is 1110. The van der Waals surface area contributed by atoms with Crippen molar-refractivity contribution in [2.45, 2.75) is 57.8 Å². The van der Waals surface area contributed by atoms with Crippen LogP contribution in [0.5, 0.6) is 0 Å². The van der Waals surface area contributed by atoms with Gasteiger partial charge in [0.2, 0.25) is 11.8 Å². The number of rotatable bonds is 4. The first-order valence-electron chi connectivity index (χ1n) is 13.3. The summed E-state index contributed by atoms with van der Waals surface area (Å²) in [5.74, 6) is 2.07. The van der Waals surface area contributed by atoms with Crippen molar-refractivity contribution in [2.75, 3.05) is 13.1 Å². The SMILES string of the molecule is O=C(CC12CC3CC(CC(C3)C1)C2)NNC(=O)C1CCN(C(=O)c2cccc3ccccc23)CC1. The minimum atomic E-state index is -0.189. The van der Waals surface area contributed by atoms with Crippen molar-refractivity contribution < 1.29 is 14.4 Å². The lowest BCUT2D eigenvalue weighted by Gasteiger charge is -2.56. The first kappa shape index (κ1) is 22.6. The van der Waals surface area contributed by atoms with Crippen LogP contribution in [-0.4, -0.2) is 35.7 Å². The van der Waals surface area contributed by atoms with E-state index in [1.807, 2.05) is 47.4 Å². The van der Waals surface area contributed by atoms with Gasteiger partial charge in [-0.25, -0.2) is 0 Å². The van der Waals surface area contributed by atoms with E-state index in [1.165, 1.54) is 38.5 Å². The third-order valence-corrected chi connectivity index (χ3v) is 9.20. The number of fused-ring (bicyclic) bond motifs is 1. The number of benzene rings is 2. The van der Waals surface area contributed by atoms with Gasteiger partial charge in [-0.05, 0) is 91.4 Å². The first-order valence-corrected chi connectivity index (χ1v) is 13.3. The maximum atomic E-state index is 13.2. The molecule has 1 aliphatic heterocycles. The van der Waals surface area contributed by atoms with Gasteiger partial charge in [-0.1, -0.05) is 36.4 Å². The first-order chi connectivity index (χ1) is 17.0. The Labute approximate surface area is 206 Å². The summed E-state index contributed by atoms with van der Waals surface area (Å²) in [6.45, 7) is 1.09. The van der Waals surface area contributed by atoms with Gasteiger partial charge in [0.1, 0.15) is 0 Å².